The van der Waals surface area contributed by atoms with Crippen LogP contribution in [0.2, 0.25) is 0 Å². The van der Waals surface area contributed by atoms with Crippen molar-refractivity contribution >= 4 is 36.9 Å². The summed E-state index contributed by atoms with van der Waals surface area (Å²) in [6.45, 7) is 2.38. The van der Waals surface area contributed by atoms with Crippen molar-refractivity contribution in [1.82, 2.24) is 9.29 Å². The molecule has 1 aromatic heterocycles. The molecule has 1 N–H and O–H groups in total. The monoisotopic (exact) mass is 480 g/mol. The highest BCUT2D eigenvalue weighted by molar-refractivity contribution is 9.10. The van der Waals surface area contributed by atoms with Crippen molar-refractivity contribution in [2.45, 2.75) is 24.3 Å². The maximum Gasteiger partial charge on any atom is 0.244 e. The van der Waals surface area contributed by atoms with Gasteiger partial charge >= 0.3 is 0 Å². The molecule has 1 aliphatic heterocycles. The lowest BCUT2D eigenvalue weighted by Gasteiger charge is -2.35. The van der Waals surface area contributed by atoms with Crippen LogP contribution >= 0.6 is 15.9 Å². The van der Waals surface area contributed by atoms with Crippen LogP contribution < -0.4 is 0 Å². The van der Waals surface area contributed by atoms with Crippen LogP contribution in [0.15, 0.2) is 82.2 Å². The second kappa shape index (κ2) is 7.38. The molecule has 152 valence electrons. The van der Waals surface area contributed by atoms with E-state index in [0.717, 1.165) is 32.2 Å². The number of hydrogen-bond acceptors (Lipinski definition) is 2. The summed E-state index contributed by atoms with van der Waals surface area (Å²) in [5.74, 6) is 0. The molecule has 5 rings (SSSR count). The number of rotatable bonds is 3. The van der Waals surface area contributed by atoms with Gasteiger partial charge in [-0.3, -0.25) is 0 Å². The summed E-state index contributed by atoms with van der Waals surface area (Å²) in [7, 11) is -3.68. The minimum absolute atomic E-state index is 0.324. The normalized spacial score (nSPS) is 17.2. The average Bonchev–Trinajstić information content (AvgIpc) is 3.13. The molecule has 4 aromatic rings. The van der Waals surface area contributed by atoms with Gasteiger partial charge in [-0.05, 0) is 48.7 Å². The number of nitrogens with one attached hydrogen (secondary N) is 1. The van der Waals surface area contributed by atoms with E-state index >= 15 is 0 Å². The molecule has 1 aliphatic rings. The highest BCUT2D eigenvalue weighted by Gasteiger charge is 2.39. The highest BCUT2D eigenvalue weighted by atomic mass is 79.9. The zero-order valence-corrected chi connectivity index (χ0v) is 18.9. The largest absolute Gasteiger partial charge is 0.357 e. The Morgan fingerprint density at radius 1 is 0.967 bits per heavy atom. The van der Waals surface area contributed by atoms with E-state index in [1.165, 1.54) is 5.56 Å². The molecule has 2 heterocycles. The van der Waals surface area contributed by atoms with Crippen molar-refractivity contribution in [3.8, 4) is 0 Å². The van der Waals surface area contributed by atoms with Crippen LogP contribution in [0.4, 0.5) is 0 Å². The fourth-order valence-corrected chi connectivity index (χ4v) is 6.41. The van der Waals surface area contributed by atoms with Crippen LogP contribution in [0, 0.1) is 6.92 Å². The van der Waals surface area contributed by atoms with Gasteiger partial charge in [0, 0.05) is 27.6 Å². The zero-order valence-electron chi connectivity index (χ0n) is 16.5. The zero-order chi connectivity index (χ0) is 20.9. The van der Waals surface area contributed by atoms with Gasteiger partial charge < -0.3 is 4.98 Å². The topological polar surface area (TPSA) is 53.2 Å². The fourth-order valence-electron chi connectivity index (χ4n) is 4.33. The lowest BCUT2D eigenvalue weighted by molar-refractivity contribution is 0.340. The Bertz CT molecular complexity index is 1340. The minimum Gasteiger partial charge on any atom is -0.357 e. The molecule has 0 bridgehead atoms. The maximum absolute atomic E-state index is 13.7. The minimum atomic E-state index is -3.68. The Morgan fingerprint density at radius 3 is 2.43 bits per heavy atom. The van der Waals surface area contributed by atoms with Crippen LogP contribution in [0.25, 0.3) is 10.9 Å². The van der Waals surface area contributed by atoms with E-state index in [1.807, 2.05) is 61.5 Å². The van der Waals surface area contributed by atoms with E-state index in [1.54, 1.807) is 16.4 Å². The van der Waals surface area contributed by atoms with Crippen LogP contribution in [-0.2, 0) is 16.4 Å². The van der Waals surface area contributed by atoms with Gasteiger partial charge in [-0.15, -0.1) is 0 Å². The lowest BCUT2D eigenvalue weighted by atomic mass is 9.94. The summed E-state index contributed by atoms with van der Waals surface area (Å²) in [4.78, 5) is 3.85. The van der Waals surface area contributed by atoms with E-state index < -0.39 is 16.1 Å². The summed E-state index contributed by atoms with van der Waals surface area (Å²) in [5.41, 5.74) is 5.15. The van der Waals surface area contributed by atoms with Crippen LogP contribution in [0.5, 0.6) is 0 Å². The van der Waals surface area contributed by atoms with Gasteiger partial charge in [0.15, 0.2) is 0 Å². The van der Waals surface area contributed by atoms with Crippen molar-refractivity contribution in [3.63, 3.8) is 0 Å². The number of aromatic nitrogens is 1. The molecular weight excluding hydrogens is 460 g/mol. The van der Waals surface area contributed by atoms with E-state index in [-0.39, 0.29) is 0 Å². The number of nitrogens with zero attached hydrogens (tertiary/aromatic N) is 1. The summed E-state index contributed by atoms with van der Waals surface area (Å²) in [6.07, 6.45) is 0.672. The first-order chi connectivity index (χ1) is 14.5. The van der Waals surface area contributed by atoms with Gasteiger partial charge in [0.25, 0.3) is 0 Å². The number of fused-ring (bicyclic) bond motifs is 3. The SMILES string of the molecule is Cc1ccc(S(=O)(=O)N2CCc3c([nH]c4ccccc34)C2c2ccccc2Br)cc1. The molecule has 1 unspecified atom stereocenters. The Morgan fingerprint density at radius 2 is 1.67 bits per heavy atom. The second-order valence-corrected chi connectivity index (χ2v) is 10.4. The molecule has 3 aromatic carbocycles. The maximum atomic E-state index is 13.7. The van der Waals surface area contributed by atoms with Crippen molar-refractivity contribution < 1.29 is 8.42 Å². The van der Waals surface area contributed by atoms with Crippen molar-refractivity contribution in [1.29, 1.82) is 0 Å². The molecule has 1 atom stereocenters. The number of benzene rings is 3. The summed E-state index contributed by atoms with van der Waals surface area (Å²) in [5, 5.41) is 1.16. The van der Waals surface area contributed by atoms with Crippen molar-refractivity contribution in [3.05, 3.63) is 99.7 Å². The highest BCUT2D eigenvalue weighted by Crippen LogP contribution is 2.43. The van der Waals surface area contributed by atoms with E-state index in [0.29, 0.717) is 17.9 Å². The van der Waals surface area contributed by atoms with Gasteiger partial charge in [0.05, 0.1) is 10.9 Å². The second-order valence-electron chi connectivity index (χ2n) is 7.67. The van der Waals surface area contributed by atoms with Gasteiger partial charge in [0.2, 0.25) is 10.0 Å². The number of para-hydroxylation sites is 1. The summed E-state index contributed by atoms with van der Waals surface area (Å²) < 4.78 is 30.0. The number of aryl methyl sites for hydroxylation is 1. The summed E-state index contributed by atoms with van der Waals surface area (Å²) in [6, 6.07) is 22.7. The Hall–Kier alpha value is -2.41. The van der Waals surface area contributed by atoms with Crippen molar-refractivity contribution in [2.75, 3.05) is 6.54 Å². The molecule has 30 heavy (non-hydrogen) atoms. The van der Waals surface area contributed by atoms with Gasteiger partial charge in [-0.25, -0.2) is 8.42 Å². The van der Waals surface area contributed by atoms with Crippen LogP contribution in [0.1, 0.15) is 28.4 Å². The van der Waals surface area contributed by atoms with Gasteiger partial charge in [-0.2, -0.15) is 4.31 Å². The molecule has 4 nitrogen and oxygen atoms in total. The number of halogens is 1. The third-order valence-corrected chi connectivity index (χ3v) is 8.42. The molecule has 0 amide bonds. The molecule has 6 heteroatoms. The van der Waals surface area contributed by atoms with E-state index in [2.05, 4.69) is 27.0 Å². The van der Waals surface area contributed by atoms with E-state index in [4.69, 9.17) is 0 Å². The van der Waals surface area contributed by atoms with E-state index in [9.17, 15) is 8.42 Å². The molecule has 0 saturated carbocycles. The predicted molar refractivity (Wildman–Crippen MR) is 123 cm³/mol. The third kappa shape index (κ3) is 3.11. The average molecular weight is 481 g/mol. The molecule has 0 aliphatic carbocycles. The van der Waals surface area contributed by atoms with Crippen LogP contribution in [0.3, 0.4) is 0 Å². The number of H-pyrrole nitrogens is 1. The smallest absolute Gasteiger partial charge is 0.244 e. The molecule has 0 fully saturated rings. The fraction of sp³-hybridized carbons (Fsp3) is 0.167. The first-order valence-electron chi connectivity index (χ1n) is 9.89. The molecule has 0 spiro atoms. The Balaban J connectivity index is 1.73. The standard InChI is InChI=1S/C24H21BrN2O2S/c1-16-10-12-17(13-11-16)30(28,29)27-15-14-19-18-6-3-5-9-22(18)26-23(19)24(27)20-7-2-4-8-21(20)25/h2-13,24,26H,14-15H2,1H3. The molecule has 0 saturated heterocycles. The van der Waals surface area contributed by atoms with Gasteiger partial charge in [0.1, 0.15) is 0 Å². The number of sulfonamides is 1. The summed E-state index contributed by atoms with van der Waals surface area (Å²) >= 11 is 3.65. The Labute approximate surface area is 184 Å². The molecular formula is C24H21BrN2O2S. The Kier molecular flexibility index (Phi) is 4.81. The lowest BCUT2D eigenvalue weighted by Crippen LogP contribution is -2.40. The third-order valence-electron chi connectivity index (χ3n) is 5.82. The number of hydrogen-bond donors (Lipinski definition) is 1. The van der Waals surface area contributed by atoms with Gasteiger partial charge in [-0.1, -0.05) is 70.0 Å². The van der Waals surface area contributed by atoms with Crippen molar-refractivity contribution in [2.24, 2.45) is 0 Å². The quantitative estimate of drug-likeness (QED) is 0.416. The first kappa shape index (κ1) is 19.5. The molecule has 0 radical (unpaired) electrons. The predicted octanol–water partition coefficient (Wildman–Crippen LogP) is 5.58. The van der Waals surface area contributed by atoms with Crippen LogP contribution in [-0.4, -0.2) is 24.3 Å². The number of aromatic amines is 1. The first-order valence-corrected chi connectivity index (χ1v) is 12.1.